The molecule has 2 aromatic carbocycles. The van der Waals surface area contributed by atoms with Crippen molar-refractivity contribution in [2.24, 2.45) is 0 Å². The molecule has 0 aliphatic carbocycles. The van der Waals surface area contributed by atoms with Gasteiger partial charge >= 0.3 is 0 Å². The zero-order chi connectivity index (χ0) is 17.8. The predicted molar refractivity (Wildman–Crippen MR) is 98.8 cm³/mol. The monoisotopic (exact) mass is 356 g/mol. The number of nitrogens with zero attached hydrogens (tertiary/aromatic N) is 2. The largest absolute Gasteiger partial charge is 0.339 e. The summed E-state index contributed by atoms with van der Waals surface area (Å²) < 4.78 is 0. The third kappa shape index (κ3) is 4.20. The molecule has 25 heavy (non-hydrogen) atoms. The third-order valence-corrected chi connectivity index (χ3v) is 4.83. The normalized spacial score (nSPS) is 14.5. The smallest absolute Gasteiger partial charge is 0.255 e. The Labute approximate surface area is 153 Å². The number of hydrogen-bond acceptors (Lipinski definition) is 2. The van der Waals surface area contributed by atoms with Gasteiger partial charge in [-0.25, -0.2) is 0 Å². The van der Waals surface area contributed by atoms with E-state index in [1.165, 1.54) is 5.56 Å². The minimum absolute atomic E-state index is 0.0729. The number of aryl methyl sites for hydroxylation is 1. The van der Waals surface area contributed by atoms with Crippen LogP contribution in [0.4, 0.5) is 0 Å². The highest BCUT2D eigenvalue weighted by atomic mass is 35.5. The van der Waals surface area contributed by atoms with Crippen LogP contribution in [-0.4, -0.2) is 47.8 Å². The van der Waals surface area contributed by atoms with Crippen molar-refractivity contribution in [2.45, 2.75) is 13.3 Å². The average molecular weight is 357 g/mol. The second kappa shape index (κ2) is 7.70. The van der Waals surface area contributed by atoms with E-state index in [1.54, 1.807) is 29.2 Å². The highest BCUT2D eigenvalue weighted by Gasteiger charge is 2.25. The SMILES string of the molecule is Cc1ccc(CC(=O)N2CCN(C(=O)c3ccccc3Cl)CC2)cc1. The molecule has 2 amide bonds. The van der Waals surface area contributed by atoms with Crippen LogP contribution in [0.2, 0.25) is 5.02 Å². The minimum Gasteiger partial charge on any atom is -0.339 e. The van der Waals surface area contributed by atoms with Gasteiger partial charge in [-0.2, -0.15) is 0 Å². The number of benzene rings is 2. The van der Waals surface area contributed by atoms with Gasteiger partial charge in [0, 0.05) is 26.2 Å². The van der Waals surface area contributed by atoms with Crippen LogP contribution in [0.25, 0.3) is 0 Å². The van der Waals surface area contributed by atoms with Crippen LogP contribution in [0.1, 0.15) is 21.5 Å². The van der Waals surface area contributed by atoms with Gasteiger partial charge in [-0.3, -0.25) is 9.59 Å². The molecule has 0 bridgehead atoms. The fraction of sp³-hybridized carbons (Fsp3) is 0.300. The molecular formula is C20H21ClN2O2. The molecule has 1 aliphatic heterocycles. The summed E-state index contributed by atoms with van der Waals surface area (Å²) in [4.78, 5) is 28.6. The van der Waals surface area contributed by atoms with Crippen molar-refractivity contribution in [3.05, 3.63) is 70.2 Å². The van der Waals surface area contributed by atoms with Crippen molar-refractivity contribution in [2.75, 3.05) is 26.2 Å². The van der Waals surface area contributed by atoms with E-state index in [9.17, 15) is 9.59 Å². The standard InChI is InChI=1S/C20H21ClN2O2/c1-15-6-8-16(9-7-15)14-19(24)22-10-12-23(13-11-22)20(25)17-4-2-3-5-18(17)21/h2-9H,10-14H2,1H3. The maximum absolute atomic E-state index is 12.6. The van der Waals surface area contributed by atoms with E-state index in [4.69, 9.17) is 11.6 Å². The summed E-state index contributed by atoms with van der Waals surface area (Å²) in [6.45, 7) is 4.20. The second-order valence-electron chi connectivity index (χ2n) is 6.32. The molecule has 2 aromatic rings. The molecule has 0 N–H and O–H groups in total. The molecular weight excluding hydrogens is 336 g/mol. The lowest BCUT2D eigenvalue weighted by molar-refractivity contribution is -0.131. The lowest BCUT2D eigenvalue weighted by Gasteiger charge is -2.35. The predicted octanol–water partition coefficient (Wildman–Crippen LogP) is 3.18. The molecule has 0 radical (unpaired) electrons. The first kappa shape index (κ1) is 17.5. The number of hydrogen-bond donors (Lipinski definition) is 0. The molecule has 1 saturated heterocycles. The molecule has 3 rings (SSSR count). The third-order valence-electron chi connectivity index (χ3n) is 4.50. The zero-order valence-electron chi connectivity index (χ0n) is 14.2. The first-order valence-electron chi connectivity index (χ1n) is 8.42. The molecule has 0 atom stereocenters. The van der Waals surface area contributed by atoms with Gasteiger partial charge in [-0.05, 0) is 24.6 Å². The molecule has 4 nitrogen and oxygen atoms in total. The number of carbonyl (C=O) groups is 2. The van der Waals surface area contributed by atoms with Gasteiger partial charge in [0.25, 0.3) is 5.91 Å². The maximum Gasteiger partial charge on any atom is 0.255 e. The van der Waals surface area contributed by atoms with Crippen LogP contribution in [-0.2, 0) is 11.2 Å². The molecule has 1 aliphatic rings. The van der Waals surface area contributed by atoms with Crippen LogP contribution < -0.4 is 0 Å². The van der Waals surface area contributed by atoms with E-state index in [1.807, 2.05) is 36.1 Å². The molecule has 0 saturated carbocycles. The molecule has 0 unspecified atom stereocenters. The molecule has 0 spiro atoms. The fourth-order valence-corrected chi connectivity index (χ4v) is 3.17. The molecule has 5 heteroatoms. The van der Waals surface area contributed by atoms with E-state index < -0.39 is 0 Å². The van der Waals surface area contributed by atoms with Gasteiger partial charge in [0.05, 0.1) is 17.0 Å². The van der Waals surface area contributed by atoms with Crippen LogP contribution in [0.15, 0.2) is 48.5 Å². The van der Waals surface area contributed by atoms with Gasteiger partial charge in [0.2, 0.25) is 5.91 Å². The first-order valence-corrected chi connectivity index (χ1v) is 8.79. The van der Waals surface area contributed by atoms with Gasteiger partial charge in [0.1, 0.15) is 0 Å². The maximum atomic E-state index is 12.6. The van der Waals surface area contributed by atoms with Crippen molar-refractivity contribution >= 4 is 23.4 Å². The van der Waals surface area contributed by atoms with E-state index in [2.05, 4.69) is 0 Å². The Balaban J connectivity index is 1.56. The van der Waals surface area contributed by atoms with Crippen molar-refractivity contribution in [3.63, 3.8) is 0 Å². The highest BCUT2D eigenvalue weighted by Crippen LogP contribution is 2.18. The average Bonchev–Trinajstić information content (AvgIpc) is 2.63. The van der Waals surface area contributed by atoms with Crippen LogP contribution in [0.5, 0.6) is 0 Å². The molecule has 0 aromatic heterocycles. The quantitative estimate of drug-likeness (QED) is 0.847. The summed E-state index contributed by atoms with van der Waals surface area (Å²) >= 11 is 6.11. The Hall–Kier alpha value is -2.33. The van der Waals surface area contributed by atoms with Gasteiger partial charge < -0.3 is 9.80 Å². The van der Waals surface area contributed by atoms with Crippen LogP contribution in [0.3, 0.4) is 0 Å². The Bertz CT molecular complexity index is 766. The summed E-state index contributed by atoms with van der Waals surface area (Å²) in [5, 5.41) is 0.463. The number of halogens is 1. The van der Waals surface area contributed by atoms with Crippen molar-refractivity contribution < 1.29 is 9.59 Å². The van der Waals surface area contributed by atoms with Crippen molar-refractivity contribution in [1.82, 2.24) is 9.80 Å². The summed E-state index contributed by atoms with van der Waals surface area (Å²) in [6, 6.07) is 15.1. The van der Waals surface area contributed by atoms with Crippen LogP contribution in [0, 0.1) is 6.92 Å². The lowest BCUT2D eigenvalue weighted by Crippen LogP contribution is -2.51. The Morgan fingerprint density at radius 3 is 2.16 bits per heavy atom. The summed E-state index contributed by atoms with van der Waals surface area (Å²) in [7, 11) is 0. The minimum atomic E-state index is -0.0729. The van der Waals surface area contributed by atoms with Crippen molar-refractivity contribution in [3.8, 4) is 0 Å². The van der Waals surface area contributed by atoms with E-state index >= 15 is 0 Å². The van der Waals surface area contributed by atoms with E-state index in [0.29, 0.717) is 43.2 Å². The topological polar surface area (TPSA) is 40.6 Å². The lowest BCUT2D eigenvalue weighted by atomic mass is 10.1. The number of carbonyl (C=O) groups excluding carboxylic acids is 2. The second-order valence-corrected chi connectivity index (χ2v) is 6.72. The summed E-state index contributed by atoms with van der Waals surface area (Å²) in [6.07, 6.45) is 0.402. The van der Waals surface area contributed by atoms with Crippen LogP contribution >= 0.6 is 11.6 Å². The zero-order valence-corrected chi connectivity index (χ0v) is 15.0. The molecule has 1 heterocycles. The molecule has 1 fully saturated rings. The van der Waals surface area contributed by atoms with E-state index in [-0.39, 0.29) is 11.8 Å². The number of piperazine rings is 1. The Morgan fingerprint density at radius 2 is 1.52 bits per heavy atom. The van der Waals surface area contributed by atoms with Gasteiger partial charge in [-0.1, -0.05) is 53.6 Å². The Kier molecular flexibility index (Phi) is 5.39. The summed E-state index contributed by atoms with van der Waals surface area (Å²) in [5.74, 6) is 0.0323. The fourth-order valence-electron chi connectivity index (χ4n) is 2.96. The Morgan fingerprint density at radius 1 is 0.920 bits per heavy atom. The van der Waals surface area contributed by atoms with Gasteiger partial charge in [-0.15, -0.1) is 0 Å². The highest BCUT2D eigenvalue weighted by molar-refractivity contribution is 6.33. The van der Waals surface area contributed by atoms with Crippen molar-refractivity contribution in [1.29, 1.82) is 0 Å². The molecule has 130 valence electrons. The first-order chi connectivity index (χ1) is 12.0. The number of amides is 2. The summed E-state index contributed by atoms with van der Waals surface area (Å²) in [5.41, 5.74) is 2.72. The van der Waals surface area contributed by atoms with E-state index in [0.717, 1.165) is 5.56 Å². The van der Waals surface area contributed by atoms with Gasteiger partial charge in [0.15, 0.2) is 0 Å². The number of rotatable bonds is 3.